The van der Waals surface area contributed by atoms with Gasteiger partial charge in [-0.05, 0) is 60.6 Å². The van der Waals surface area contributed by atoms with Crippen LogP contribution < -0.4 is 5.73 Å². The number of hydrogen-bond acceptors (Lipinski definition) is 5. The molecule has 1 amide bonds. The third-order valence-corrected chi connectivity index (χ3v) is 7.39. The first-order valence-corrected chi connectivity index (χ1v) is 14.2. The van der Waals surface area contributed by atoms with Gasteiger partial charge in [-0.25, -0.2) is 22.8 Å². The fourth-order valence-corrected chi connectivity index (χ4v) is 5.41. The number of nitrogens with two attached hydrogens (primary N) is 1. The molecule has 7 nitrogen and oxygen atoms in total. The maximum atomic E-state index is 14.9. The van der Waals surface area contributed by atoms with Crippen molar-refractivity contribution in [1.29, 1.82) is 0 Å². The van der Waals surface area contributed by atoms with E-state index in [1.54, 1.807) is 9.58 Å². The maximum Gasteiger partial charge on any atom is 0.252 e. The summed E-state index contributed by atoms with van der Waals surface area (Å²) in [7, 11) is 0. The Bertz CT molecular complexity index is 1320. The second-order valence-corrected chi connectivity index (χ2v) is 12.1. The van der Waals surface area contributed by atoms with Crippen LogP contribution in [0.3, 0.4) is 0 Å². The van der Waals surface area contributed by atoms with Crippen molar-refractivity contribution in [2.24, 2.45) is 11.1 Å². The van der Waals surface area contributed by atoms with Crippen molar-refractivity contribution in [3.05, 3.63) is 70.0 Å². The Morgan fingerprint density at radius 1 is 1.25 bits per heavy atom. The molecule has 40 heavy (non-hydrogen) atoms. The Morgan fingerprint density at radius 2 is 2.02 bits per heavy atom. The lowest BCUT2D eigenvalue weighted by molar-refractivity contribution is -0.146. The Hall–Kier alpha value is -2.76. The van der Waals surface area contributed by atoms with Crippen LogP contribution in [0.15, 0.2) is 46.9 Å². The van der Waals surface area contributed by atoms with Crippen molar-refractivity contribution < 1.29 is 22.7 Å². The SMILES string of the molecule is CC(C)(C)C(c1nc(-c2cc(F)ccc2F)nn1Cc1cccc(Br)c1)N(CC[C@H](N)CF)C(=O)[C@@H]1CCCO1. The third-order valence-electron chi connectivity index (χ3n) is 6.89. The zero-order valence-corrected chi connectivity index (χ0v) is 24.5. The first-order chi connectivity index (χ1) is 19.0. The summed E-state index contributed by atoms with van der Waals surface area (Å²) in [5.41, 5.74) is 6.13. The van der Waals surface area contributed by atoms with Gasteiger partial charge >= 0.3 is 0 Å². The van der Waals surface area contributed by atoms with Gasteiger partial charge in [-0.1, -0.05) is 48.8 Å². The lowest BCUT2D eigenvalue weighted by Gasteiger charge is -2.41. The van der Waals surface area contributed by atoms with E-state index in [4.69, 9.17) is 15.5 Å². The summed E-state index contributed by atoms with van der Waals surface area (Å²) in [6.07, 6.45) is 0.933. The Labute approximate surface area is 241 Å². The monoisotopic (exact) mass is 621 g/mol. The van der Waals surface area contributed by atoms with Gasteiger partial charge in [0.05, 0.1) is 18.2 Å². The number of benzene rings is 2. The van der Waals surface area contributed by atoms with Gasteiger partial charge < -0.3 is 15.4 Å². The van der Waals surface area contributed by atoms with Crippen molar-refractivity contribution in [2.45, 2.75) is 64.8 Å². The van der Waals surface area contributed by atoms with Crippen LogP contribution in [0.4, 0.5) is 13.2 Å². The van der Waals surface area contributed by atoms with Gasteiger partial charge in [0, 0.05) is 23.7 Å². The minimum Gasteiger partial charge on any atom is -0.368 e. The van der Waals surface area contributed by atoms with Gasteiger partial charge in [-0.3, -0.25) is 4.79 Å². The second kappa shape index (κ2) is 12.8. The highest BCUT2D eigenvalue weighted by Crippen LogP contribution is 2.40. The van der Waals surface area contributed by atoms with E-state index in [0.717, 1.165) is 34.7 Å². The summed E-state index contributed by atoms with van der Waals surface area (Å²) in [4.78, 5) is 20.3. The molecule has 3 atom stereocenters. The van der Waals surface area contributed by atoms with Gasteiger partial charge in [-0.2, -0.15) is 5.10 Å². The molecule has 1 unspecified atom stereocenters. The van der Waals surface area contributed by atoms with E-state index >= 15 is 0 Å². The zero-order chi connectivity index (χ0) is 29.0. The maximum absolute atomic E-state index is 14.9. The molecule has 0 radical (unpaired) electrons. The van der Waals surface area contributed by atoms with Crippen LogP contribution >= 0.6 is 15.9 Å². The van der Waals surface area contributed by atoms with Gasteiger partial charge in [0.25, 0.3) is 5.91 Å². The number of carbonyl (C=O) groups is 1. The van der Waals surface area contributed by atoms with E-state index in [0.29, 0.717) is 18.9 Å². The fraction of sp³-hybridized carbons (Fsp3) is 0.483. The summed E-state index contributed by atoms with van der Waals surface area (Å²) >= 11 is 3.49. The lowest BCUT2D eigenvalue weighted by Crippen LogP contribution is -2.48. The van der Waals surface area contributed by atoms with Gasteiger partial charge in [-0.15, -0.1) is 0 Å². The highest BCUT2D eigenvalue weighted by Gasteiger charge is 2.41. The quantitative estimate of drug-likeness (QED) is 0.308. The normalized spacial score (nSPS) is 17.1. The van der Waals surface area contributed by atoms with Crippen LogP contribution in [-0.2, 0) is 16.1 Å². The van der Waals surface area contributed by atoms with Crippen LogP contribution in [0.25, 0.3) is 11.4 Å². The van der Waals surface area contributed by atoms with E-state index < -0.39 is 41.9 Å². The van der Waals surface area contributed by atoms with Crippen molar-refractivity contribution in [1.82, 2.24) is 19.7 Å². The van der Waals surface area contributed by atoms with Crippen LogP contribution in [0, 0.1) is 17.0 Å². The number of rotatable bonds is 10. The van der Waals surface area contributed by atoms with E-state index in [9.17, 15) is 18.0 Å². The first kappa shape index (κ1) is 30.2. The van der Waals surface area contributed by atoms with Crippen molar-refractivity contribution >= 4 is 21.8 Å². The average Bonchev–Trinajstić information content (AvgIpc) is 3.57. The van der Waals surface area contributed by atoms with E-state index in [2.05, 4.69) is 21.0 Å². The summed E-state index contributed by atoms with van der Waals surface area (Å²) in [6, 6.07) is 9.34. The molecule has 0 bridgehead atoms. The molecule has 1 aliphatic heterocycles. The fourth-order valence-electron chi connectivity index (χ4n) is 4.96. The van der Waals surface area contributed by atoms with Crippen LogP contribution in [0.2, 0.25) is 0 Å². The Kier molecular flexibility index (Phi) is 9.68. The number of amides is 1. The van der Waals surface area contributed by atoms with E-state index in [-0.39, 0.29) is 36.8 Å². The topological polar surface area (TPSA) is 86.3 Å². The van der Waals surface area contributed by atoms with Crippen molar-refractivity contribution in [3.63, 3.8) is 0 Å². The number of hydrogen-bond donors (Lipinski definition) is 1. The highest BCUT2D eigenvalue weighted by molar-refractivity contribution is 9.10. The second-order valence-electron chi connectivity index (χ2n) is 11.2. The summed E-state index contributed by atoms with van der Waals surface area (Å²) in [5.74, 6) is -1.13. The third kappa shape index (κ3) is 7.11. The molecule has 1 aliphatic rings. The molecule has 0 aliphatic carbocycles. The largest absolute Gasteiger partial charge is 0.368 e. The molecule has 2 N–H and O–H groups in total. The molecule has 0 spiro atoms. The molecule has 4 rings (SSSR count). The molecule has 3 aromatic rings. The molecular formula is C29H35BrF3N5O2. The molecule has 1 fully saturated rings. The average molecular weight is 623 g/mol. The zero-order valence-electron chi connectivity index (χ0n) is 22.9. The number of ether oxygens (including phenoxy) is 1. The lowest BCUT2D eigenvalue weighted by atomic mass is 9.84. The molecule has 1 saturated heterocycles. The molecule has 2 heterocycles. The smallest absolute Gasteiger partial charge is 0.252 e. The summed E-state index contributed by atoms with van der Waals surface area (Å²) in [5, 5.41) is 4.62. The molecule has 216 valence electrons. The molecule has 11 heteroatoms. The molecule has 0 saturated carbocycles. The standard InChI is InChI=1S/C29H35BrF3N5O2/c1-29(2,3)25(37(12-11-21(34)16-31)28(39)24-8-5-13-40-24)27-35-26(22-15-20(32)9-10-23(22)33)36-38(27)17-18-6-4-7-19(30)14-18/h4,6-7,9-10,14-15,21,24-25H,5,8,11-13,16-17,34H2,1-3H3/t21-,24-,25?/m0/s1. The van der Waals surface area contributed by atoms with E-state index in [1.165, 1.54) is 0 Å². The number of aromatic nitrogens is 3. The number of nitrogens with zero attached hydrogens (tertiary/aromatic N) is 4. The number of alkyl halides is 1. The van der Waals surface area contributed by atoms with Crippen molar-refractivity contribution in [3.8, 4) is 11.4 Å². The van der Waals surface area contributed by atoms with E-state index in [1.807, 2.05) is 45.0 Å². The highest BCUT2D eigenvalue weighted by atomic mass is 79.9. The Balaban J connectivity index is 1.87. The minimum atomic E-state index is -0.739. The van der Waals surface area contributed by atoms with Crippen molar-refractivity contribution in [2.75, 3.05) is 19.8 Å². The van der Waals surface area contributed by atoms with Crippen LogP contribution in [0.1, 0.15) is 57.5 Å². The first-order valence-electron chi connectivity index (χ1n) is 13.4. The predicted molar refractivity (Wildman–Crippen MR) is 150 cm³/mol. The van der Waals surface area contributed by atoms with Gasteiger partial charge in [0.15, 0.2) is 11.6 Å². The summed E-state index contributed by atoms with van der Waals surface area (Å²) in [6.45, 7) is 6.08. The Morgan fingerprint density at radius 3 is 2.67 bits per heavy atom. The number of carbonyl (C=O) groups excluding carboxylic acids is 1. The molecule has 2 aromatic carbocycles. The molecule has 1 aromatic heterocycles. The molecular weight excluding hydrogens is 587 g/mol. The summed E-state index contributed by atoms with van der Waals surface area (Å²) < 4.78 is 50.6. The van der Waals surface area contributed by atoms with Crippen LogP contribution in [-0.4, -0.2) is 57.5 Å². The van der Waals surface area contributed by atoms with Crippen LogP contribution in [0.5, 0.6) is 0 Å². The van der Waals surface area contributed by atoms with Gasteiger partial charge in [0.2, 0.25) is 0 Å². The minimum absolute atomic E-state index is 0.00113. The predicted octanol–water partition coefficient (Wildman–Crippen LogP) is 5.82. The number of halogens is 4. The van der Waals surface area contributed by atoms with Gasteiger partial charge in [0.1, 0.15) is 24.4 Å².